The highest BCUT2D eigenvalue weighted by Gasteiger charge is 2.16. The predicted octanol–water partition coefficient (Wildman–Crippen LogP) is 3.03. The van der Waals surface area contributed by atoms with E-state index < -0.39 is 0 Å². The predicted molar refractivity (Wildman–Crippen MR) is 92.9 cm³/mol. The molecule has 0 fully saturated rings. The smallest absolute Gasteiger partial charge is 0.263 e. The van der Waals surface area contributed by atoms with Gasteiger partial charge in [0.25, 0.3) is 5.91 Å². The summed E-state index contributed by atoms with van der Waals surface area (Å²) < 4.78 is 0. The van der Waals surface area contributed by atoms with E-state index in [0.717, 1.165) is 17.0 Å². The van der Waals surface area contributed by atoms with Crippen molar-refractivity contribution in [3.05, 3.63) is 39.9 Å². The number of nitrogens with zero attached hydrogens (tertiary/aromatic N) is 1. The number of benzene rings is 1. The maximum absolute atomic E-state index is 12.2. The number of carbonyl (C=O) groups is 2. The van der Waals surface area contributed by atoms with Crippen LogP contribution in [0.5, 0.6) is 0 Å². The number of halogens is 1. The lowest BCUT2D eigenvalue weighted by Gasteiger charge is -2.04. The Labute approximate surface area is 144 Å². The molecule has 0 bridgehead atoms. The number of aryl methyl sites for hydroxylation is 1. The quantitative estimate of drug-likeness (QED) is 0.840. The largest absolute Gasteiger partial charge is 0.355 e. The molecule has 0 radical (unpaired) electrons. The van der Waals surface area contributed by atoms with Crippen molar-refractivity contribution in [1.29, 1.82) is 0 Å². The summed E-state index contributed by atoms with van der Waals surface area (Å²) in [4.78, 5) is 28.7. The van der Waals surface area contributed by atoms with E-state index in [-0.39, 0.29) is 18.4 Å². The molecule has 2 N–H and O–H groups in total. The van der Waals surface area contributed by atoms with Gasteiger partial charge in [-0.3, -0.25) is 9.59 Å². The second kappa shape index (κ2) is 8.08. The molecule has 0 spiro atoms. The number of aromatic nitrogens is 1. The van der Waals surface area contributed by atoms with Gasteiger partial charge in [-0.25, -0.2) is 4.98 Å². The van der Waals surface area contributed by atoms with Crippen LogP contribution in [0.3, 0.4) is 0 Å². The van der Waals surface area contributed by atoms with Crippen LogP contribution in [0, 0.1) is 6.92 Å². The van der Waals surface area contributed by atoms with Crippen LogP contribution in [-0.2, 0) is 4.79 Å². The highest BCUT2D eigenvalue weighted by molar-refractivity contribution is 7.17. The normalized spacial score (nSPS) is 10.4. The average molecular weight is 352 g/mol. The van der Waals surface area contributed by atoms with E-state index in [0.29, 0.717) is 22.1 Å². The topological polar surface area (TPSA) is 71.1 Å². The van der Waals surface area contributed by atoms with Gasteiger partial charge in [0, 0.05) is 17.1 Å². The summed E-state index contributed by atoms with van der Waals surface area (Å²) in [5, 5.41) is 6.73. The van der Waals surface area contributed by atoms with Gasteiger partial charge in [0.2, 0.25) is 5.91 Å². The van der Waals surface area contributed by atoms with E-state index in [1.54, 1.807) is 19.1 Å². The van der Waals surface area contributed by atoms with E-state index >= 15 is 0 Å². The lowest BCUT2D eigenvalue weighted by atomic mass is 10.2. The van der Waals surface area contributed by atoms with Crippen molar-refractivity contribution in [2.45, 2.75) is 20.3 Å². The summed E-state index contributed by atoms with van der Waals surface area (Å²) in [6, 6.07) is 7.29. The molecule has 5 nitrogen and oxygen atoms in total. The monoisotopic (exact) mass is 351 g/mol. The summed E-state index contributed by atoms with van der Waals surface area (Å²) >= 11 is 7.17. The molecule has 1 heterocycles. The number of hydrogen-bond acceptors (Lipinski definition) is 4. The van der Waals surface area contributed by atoms with Gasteiger partial charge in [-0.15, -0.1) is 11.3 Å². The highest BCUT2D eigenvalue weighted by atomic mass is 35.5. The van der Waals surface area contributed by atoms with Crippen LogP contribution in [0.1, 0.15) is 28.7 Å². The van der Waals surface area contributed by atoms with Gasteiger partial charge in [0.1, 0.15) is 9.88 Å². The molecule has 0 unspecified atom stereocenters. The second-order valence-corrected chi connectivity index (χ2v) is 6.41. The molecule has 1 aromatic heterocycles. The van der Waals surface area contributed by atoms with E-state index in [4.69, 9.17) is 11.6 Å². The summed E-state index contributed by atoms with van der Waals surface area (Å²) in [7, 11) is 0. The van der Waals surface area contributed by atoms with Gasteiger partial charge >= 0.3 is 0 Å². The minimum atomic E-state index is -0.285. The molecule has 23 heavy (non-hydrogen) atoms. The number of rotatable bonds is 6. The van der Waals surface area contributed by atoms with E-state index in [2.05, 4.69) is 15.6 Å². The maximum Gasteiger partial charge on any atom is 0.263 e. The van der Waals surface area contributed by atoms with Gasteiger partial charge in [-0.1, -0.05) is 30.7 Å². The van der Waals surface area contributed by atoms with Crippen molar-refractivity contribution in [3.8, 4) is 10.6 Å². The van der Waals surface area contributed by atoms with Crippen LogP contribution in [0.15, 0.2) is 24.3 Å². The fourth-order valence-corrected chi connectivity index (χ4v) is 3.00. The first-order valence-corrected chi connectivity index (χ1v) is 8.49. The Morgan fingerprint density at radius 2 is 1.91 bits per heavy atom. The minimum absolute atomic E-state index is 0.0353. The fourth-order valence-electron chi connectivity index (χ4n) is 1.89. The lowest BCUT2D eigenvalue weighted by molar-refractivity contribution is -0.120. The Hall–Kier alpha value is -1.92. The molecule has 7 heteroatoms. The van der Waals surface area contributed by atoms with Crippen LogP contribution in [0.2, 0.25) is 5.02 Å². The summed E-state index contributed by atoms with van der Waals surface area (Å²) in [6.45, 7) is 4.32. The van der Waals surface area contributed by atoms with Crippen LogP contribution in [0.25, 0.3) is 10.6 Å². The van der Waals surface area contributed by atoms with Gasteiger partial charge in [0.15, 0.2) is 0 Å². The Morgan fingerprint density at radius 1 is 1.22 bits per heavy atom. The molecule has 0 aliphatic rings. The Morgan fingerprint density at radius 3 is 2.57 bits per heavy atom. The second-order valence-electron chi connectivity index (χ2n) is 4.97. The molecule has 122 valence electrons. The fraction of sp³-hybridized carbons (Fsp3) is 0.312. The van der Waals surface area contributed by atoms with Gasteiger partial charge in [0.05, 0.1) is 12.2 Å². The first-order chi connectivity index (χ1) is 11.0. The summed E-state index contributed by atoms with van der Waals surface area (Å²) in [5.41, 5.74) is 1.55. The summed E-state index contributed by atoms with van der Waals surface area (Å²) in [6.07, 6.45) is 0.859. The van der Waals surface area contributed by atoms with Gasteiger partial charge < -0.3 is 10.6 Å². The van der Waals surface area contributed by atoms with E-state index in [1.165, 1.54) is 11.3 Å². The molecule has 0 aliphatic heterocycles. The number of carbonyl (C=O) groups excluding carboxylic acids is 2. The van der Waals surface area contributed by atoms with Crippen LogP contribution in [-0.4, -0.2) is 29.9 Å². The molecular formula is C16H18ClN3O2S. The maximum atomic E-state index is 12.2. The van der Waals surface area contributed by atoms with Crippen molar-refractivity contribution in [2.75, 3.05) is 13.1 Å². The summed E-state index contributed by atoms with van der Waals surface area (Å²) in [5.74, 6) is -0.479. The molecule has 0 atom stereocenters. The third kappa shape index (κ3) is 4.77. The number of thiazole rings is 1. The lowest BCUT2D eigenvalue weighted by Crippen LogP contribution is -2.37. The van der Waals surface area contributed by atoms with Crippen LogP contribution >= 0.6 is 22.9 Å². The molecule has 2 rings (SSSR count). The minimum Gasteiger partial charge on any atom is -0.355 e. The third-order valence-electron chi connectivity index (χ3n) is 3.08. The molecule has 1 aromatic carbocycles. The van der Waals surface area contributed by atoms with Gasteiger partial charge in [-0.05, 0) is 25.5 Å². The molecule has 2 aromatic rings. The number of amides is 2. The molecule has 0 saturated heterocycles. The SMILES string of the molecule is CCCNC(=O)CNC(=O)c1sc(-c2ccc(Cl)cc2)nc1C. The third-order valence-corrected chi connectivity index (χ3v) is 4.53. The number of nitrogens with one attached hydrogen (secondary N) is 2. The first kappa shape index (κ1) is 17.4. The molecule has 0 saturated carbocycles. The van der Waals surface area contributed by atoms with Crippen LogP contribution < -0.4 is 10.6 Å². The first-order valence-electron chi connectivity index (χ1n) is 7.29. The van der Waals surface area contributed by atoms with Crippen molar-refractivity contribution < 1.29 is 9.59 Å². The Kier molecular flexibility index (Phi) is 6.12. The van der Waals surface area contributed by atoms with Crippen LogP contribution in [0.4, 0.5) is 0 Å². The Bertz CT molecular complexity index is 698. The Balaban J connectivity index is 2.04. The van der Waals surface area contributed by atoms with E-state index in [1.807, 2.05) is 19.1 Å². The average Bonchev–Trinajstić information content (AvgIpc) is 2.93. The molecule has 0 aliphatic carbocycles. The van der Waals surface area contributed by atoms with Crippen molar-refractivity contribution in [1.82, 2.24) is 15.6 Å². The van der Waals surface area contributed by atoms with Gasteiger partial charge in [-0.2, -0.15) is 0 Å². The molecular weight excluding hydrogens is 334 g/mol. The number of hydrogen-bond donors (Lipinski definition) is 2. The highest BCUT2D eigenvalue weighted by Crippen LogP contribution is 2.28. The van der Waals surface area contributed by atoms with Crippen molar-refractivity contribution in [3.63, 3.8) is 0 Å². The van der Waals surface area contributed by atoms with Crippen molar-refractivity contribution in [2.24, 2.45) is 0 Å². The molecule has 2 amide bonds. The zero-order valence-electron chi connectivity index (χ0n) is 13.0. The van der Waals surface area contributed by atoms with Crippen molar-refractivity contribution >= 4 is 34.8 Å². The van der Waals surface area contributed by atoms with E-state index in [9.17, 15) is 9.59 Å². The standard InChI is InChI=1S/C16H18ClN3O2S/c1-3-8-18-13(21)9-19-15(22)14-10(2)20-16(23-14)11-4-6-12(17)7-5-11/h4-7H,3,8-9H2,1-2H3,(H,18,21)(H,19,22). The zero-order chi connectivity index (χ0) is 16.8. The zero-order valence-corrected chi connectivity index (χ0v) is 14.6.